The van der Waals surface area contributed by atoms with Gasteiger partial charge in [0.1, 0.15) is 0 Å². The Hall–Kier alpha value is -3.08. The first-order valence-electron chi connectivity index (χ1n) is 8.77. The van der Waals surface area contributed by atoms with Gasteiger partial charge >= 0.3 is 12.0 Å². The van der Waals surface area contributed by atoms with Gasteiger partial charge in [0.15, 0.2) is 0 Å². The second-order valence-corrected chi connectivity index (χ2v) is 6.00. The van der Waals surface area contributed by atoms with Crippen molar-refractivity contribution in [1.82, 2.24) is 10.6 Å². The minimum atomic E-state index is -0.566. The van der Waals surface area contributed by atoms with Gasteiger partial charge in [0.05, 0.1) is 23.9 Å². The van der Waals surface area contributed by atoms with Gasteiger partial charge in [-0.25, -0.2) is 9.59 Å². The van der Waals surface area contributed by atoms with Gasteiger partial charge in [-0.2, -0.15) is 0 Å². The molecule has 1 aliphatic heterocycles. The molecule has 5 heteroatoms. The summed E-state index contributed by atoms with van der Waals surface area (Å²) in [5.41, 5.74) is 3.69. The Morgan fingerprint density at radius 2 is 1.73 bits per heavy atom. The minimum absolute atomic E-state index is 0.264. The Labute approximate surface area is 153 Å². The molecule has 1 aliphatic rings. The van der Waals surface area contributed by atoms with Crippen LogP contribution in [0.2, 0.25) is 0 Å². The largest absolute Gasteiger partial charge is 0.463 e. The monoisotopic (exact) mass is 350 g/mol. The van der Waals surface area contributed by atoms with Gasteiger partial charge in [0, 0.05) is 0 Å². The lowest BCUT2D eigenvalue weighted by molar-refractivity contribution is -0.138. The van der Waals surface area contributed by atoms with Crippen LogP contribution in [-0.2, 0) is 16.0 Å². The molecule has 1 heterocycles. The van der Waals surface area contributed by atoms with Gasteiger partial charge in [0.25, 0.3) is 0 Å². The van der Waals surface area contributed by atoms with Crippen LogP contribution in [0.5, 0.6) is 0 Å². The first kappa shape index (κ1) is 17.7. The van der Waals surface area contributed by atoms with E-state index < -0.39 is 12.0 Å². The predicted octanol–water partition coefficient (Wildman–Crippen LogP) is 3.58. The Bertz CT molecular complexity index is 826. The lowest BCUT2D eigenvalue weighted by Gasteiger charge is -2.29. The fourth-order valence-corrected chi connectivity index (χ4v) is 3.02. The highest BCUT2D eigenvalue weighted by Crippen LogP contribution is 2.32. The molecule has 1 unspecified atom stereocenters. The Morgan fingerprint density at radius 3 is 2.35 bits per heavy atom. The number of aryl methyl sites for hydroxylation is 1. The molecule has 0 bridgehead atoms. The van der Waals surface area contributed by atoms with E-state index in [9.17, 15) is 9.59 Å². The van der Waals surface area contributed by atoms with Crippen LogP contribution in [0.3, 0.4) is 0 Å². The maximum atomic E-state index is 12.7. The molecule has 0 spiro atoms. The molecule has 2 amide bonds. The third kappa shape index (κ3) is 3.61. The Balaban J connectivity index is 2.13. The van der Waals surface area contributed by atoms with E-state index in [0.717, 1.165) is 17.5 Å². The van der Waals surface area contributed by atoms with Crippen molar-refractivity contribution in [3.63, 3.8) is 0 Å². The molecule has 2 aromatic carbocycles. The summed E-state index contributed by atoms with van der Waals surface area (Å²) in [6, 6.07) is 16.3. The molecule has 2 N–H and O–H groups in total. The van der Waals surface area contributed by atoms with E-state index in [1.807, 2.05) is 54.6 Å². The fourth-order valence-electron chi connectivity index (χ4n) is 3.02. The summed E-state index contributed by atoms with van der Waals surface area (Å²) in [4.78, 5) is 25.0. The Morgan fingerprint density at radius 1 is 1.04 bits per heavy atom. The van der Waals surface area contributed by atoms with Crippen LogP contribution in [0, 0.1) is 0 Å². The number of hydrogen-bond donors (Lipinski definition) is 2. The van der Waals surface area contributed by atoms with Crippen molar-refractivity contribution in [2.75, 3.05) is 6.61 Å². The van der Waals surface area contributed by atoms with Crippen molar-refractivity contribution < 1.29 is 14.3 Å². The van der Waals surface area contributed by atoms with Gasteiger partial charge in [0.2, 0.25) is 0 Å². The first-order chi connectivity index (χ1) is 12.6. The smallest absolute Gasteiger partial charge is 0.338 e. The zero-order chi connectivity index (χ0) is 18.5. The second-order valence-electron chi connectivity index (χ2n) is 6.00. The van der Waals surface area contributed by atoms with Crippen molar-refractivity contribution >= 4 is 17.7 Å². The van der Waals surface area contributed by atoms with Gasteiger partial charge in [-0.1, -0.05) is 61.5 Å². The van der Waals surface area contributed by atoms with Crippen molar-refractivity contribution in [3.8, 4) is 0 Å². The Kier molecular flexibility index (Phi) is 5.37. The SMILES string of the molecule is CCOC(=O)C1=C(c2ccccc2)NC(=O)NC1c1ccc(CC)cc1. The summed E-state index contributed by atoms with van der Waals surface area (Å²) in [6.07, 6.45) is 0.925. The van der Waals surface area contributed by atoms with E-state index in [0.29, 0.717) is 11.3 Å². The number of nitrogens with one attached hydrogen (secondary N) is 2. The number of rotatable bonds is 5. The predicted molar refractivity (Wildman–Crippen MR) is 100 cm³/mol. The van der Waals surface area contributed by atoms with E-state index in [1.165, 1.54) is 5.56 Å². The molecule has 0 radical (unpaired) electrons. The molecule has 0 fully saturated rings. The van der Waals surface area contributed by atoms with Gasteiger partial charge in [-0.15, -0.1) is 0 Å². The van der Waals surface area contributed by atoms with Crippen LogP contribution in [0.4, 0.5) is 4.79 Å². The molecular weight excluding hydrogens is 328 g/mol. The summed E-state index contributed by atoms with van der Waals surface area (Å²) >= 11 is 0. The third-order valence-electron chi connectivity index (χ3n) is 4.35. The molecule has 0 saturated heterocycles. The van der Waals surface area contributed by atoms with Crippen molar-refractivity contribution in [2.24, 2.45) is 0 Å². The van der Waals surface area contributed by atoms with Crippen molar-refractivity contribution in [1.29, 1.82) is 0 Å². The molecule has 0 saturated carbocycles. The molecule has 134 valence electrons. The van der Waals surface area contributed by atoms with Crippen LogP contribution < -0.4 is 10.6 Å². The summed E-state index contributed by atoms with van der Waals surface area (Å²) in [5, 5.41) is 5.62. The number of esters is 1. The van der Waals surface area contributed by atoms with Crippen LogP contribution in [0.25, 0.3) is 5.70 Å². The zero-order valence-electron chi connectivity index (χ0n) is 14.9. The standard InChI is InChI=1S/C21H22N2O3/c1-3-14-10-12-16(13-11-14)19-17(20(24)26-4-2)18(22-21(25)23-19)15-8-6-5-7-9-15/h5-13,19H,3-4H2,1-2H3,(H2,22,23,25). The molecule has 1 atom stereocenters. The summed E-state index contributed by atoms with van der Waals surface area (Å²) < 4.78 is 5.28. The number of carbonyl (C=O) groups excluding carboxylic acids is 2. The van der Waals surface area contributed by atoms with E-state index in [1.54, 1.807) is 6.92 Å². The van der Waals surface area contributed by atoms with Crippen LogP contribution in [-0.4, -0.2) is 18.6 Å². The molecular formula is C21H22N2O3. The van der Waals surface area contributed by atoms with Crippen LogP contribution in [0.15, 0.2) is 60.2 Å². The lowest BCUT2D eigenvalue weighted by atomic mass is 9.92. The number of hydrogen-bond acceptors (Lipinski definition) is 3. The second kappa shape index (κ2) is 7.87. The third-order valence-corrected chi connectivity index (χ3v) is 4.35. The van der Waals surface area contributed by atoms with Crippen LogP contribution >= 0.6 is 0 Å². The van der Waals surface area contributed by atoms with Crippen LogP contribution in [0.1, 0.15) is 36.6 Å². The van der Waals surface area contributed by atoms with Gasteiger partial charge in [-0.05, 0) is 30.0 Å². The summed E-state index contributed by atoms with van der Waals surface area (Å²) in [7, 11) is 0. The van der Waals surface area contributed by atoms with E-state index in [-0.39, 0.29) is 12.6 Å². The summed E-state index contributed by atoms with van der Waals surface area (Å²) in [5.74, 6) is -0.441. The number of amides is 2. The minimum Gasteiger partial charge on any atom is -0.463 e. The van der Waals surface area contributed by atoms with E-state index in [4.69, 9.17) is 4.74 Å². The fraction of sp³-hybridized carbons (Fsp3) is 0.238. The number of benzene rings is 2. The number of urea groups is 1. The highest BCUT2D eigenvalue weighted by atomic mass is 16.5. The van der Waals surface area contributed by atoms with Gasteiger partial charge < -0.3 is 15.4 Å². The zero-order valence-corrected chi connectivity index (χ0v) is 14.9. The molecule has 0 aliphatic carbocycles. The van der Waals surface area contributed by atoms with Gasteiger partial charge in [-0.3, -0.25) is 0 Å². The number of carbonyl (C=O) groups is 2. The topological polar surface area (TPSA) is 67.4 Å². The maximum absolute atomic E-state index is 12.7. The van der Waals surface area contributed by atoms with E-state index in [2.05, 4.69) is 17.6 Å². The lowest BCUT2D eigenvalue weighted by Crippen LogP contribution is -2.45. The van der Waals surface area contributed by atoms with Crippen molar-refractivity contribution in [3.05, 3.63) is 76.9 Å². The quantitative estimate of drug-likeness (QED) is 0.810. The molecule has 3 rings (SSSR count). The normalized spacial score (nSPS) is 16.7. The number of ether oxygens (including phenoxy) is 1. The van der Waals surface area contributed by atoms with E-state index >= 15 is 0 Å². The highest BCUT2D eigenvalue weighted by Gasteiger charge is 2.34. The summed E-state index contributed by atoms with van der Waals surface area (Å²) in [6.45, 7) is 4.11. The highest BCUT2D eigenvalue weighted by molar-refractivity contribution is 6.04. The molecule has 2 aromatic rings. The molecule has 5 nitrogen and oxygen atoms in total. The average Bonchev–Trinajstić information content (AvgIpc) is 2.68. The molecule has 0 aromatic heterocycles. The first-order valence-corrected chi connectivity index (χ1v) is 8.77. The molecule has 26 heavy (non-hydrogen) atoms. The van der Waals surface area contributed by atoms with Crippen molar-refractivity contribution in [2.45, 2.75) is 26.3 Å². The maximum Gasteiger partial charge on any atom is 0.338 e. The average molecular weight is 350 g/mol.